The van der Waals surface area contributed by atoms with E-state index in [0.29, 0.717) is 23.4 Å². The van der Waals surface area contributed by atoms with E-state index in [0.717, 1.165) is 12.8 Å². The van der Waals surface area contributed by atoms with Crippen LogP contribution < -0.4 is 4.72 Å². The molecule has 0 bridgehead atoms. The summed E-state index contributed by atoms with van der Waals surface area (Å²) in [6.07, 6.45) is 6.20. The normalized spacial score (nSPS) is 17.8. The molecule has 7 heteroatoms. The number of halogens is 1. The van der Waals surface area contributed by atoms with Gasteiger partial charge in [-0.2, -0.15) is 5.26 Å². The molecule has 1 aromatic heterocycles. The molecule has 0 spiro atoms. The van der Waals surface area contributed by atoms with Crippen LogP contribution in [0.25, 0.3) is 0 Å². The third-order valence-corrected chi connectivity index (χ3v) is 5.25. The summed E-state index contributed by atoms with van der Waals surface area (Å²) in [6.45, 7) is 0.136. The third-order valence-electron chi connectivity index (χ3n) is 3.52. The van der Waals surface area contributed by atoms with Gasteiger partial charge in [0.25, 0.3) is 0 Å². The second-order valence-electron chi connectivity index (χ2n) is 5.19. The molecule has 5 nitrogen and oxygen atoms in total. The Hall–Kier alpha value is -1.16. The van der Waals surface area contributed by atoms with Crippen LogP contribution in [0, 0.1) is 16.7 Å². The van der Waals surface area contributed by atoms with Gasteiger partial charge in [0.1, 0.15) is 0 Å². The lowest BCUT2D eigenvalue weighted by molar-refractivity contribution is 0.452. The van der Waals surface area contributed by atoms with E-state index in [1.54, 1.807) is 12.3 Å². The molecular formula is C13H16ClN3O2S. The average molecular weight is 314 g/mol. The highest BCUT2D eigenvalue weighted by Gasteiger charge is 2.38. The summed E-state index contributed by atoms with van der Waals surface area (Å²) in [4.78, 5) is 3.90. The van der Waals surface area contributed by atoms with Gasteiger partial charge in [0.15, 0.2) is 0 Å². The van der Waals surface area contributed by atoms with Gasteiger partial charge in [-0.1, -0.05) is 24.4 Å². The number of nitrogens with zero attached hydrogens (tertiary/aromatic N) is 2. The number of rotatable bonds is 5. The molecule has 0 atom stereocenters. The molecule has 108 valence electrons. The molecule has 20 heavy (non-hydrogen) atoms. The van der Waals surface area contributed by atoms with Crippen molar-refractivity contribution in [1.29, 1.82) is 5.26 Å². The van der Waals surface area contributed by atoms with Crippen LogP contribution in [0.1, 0.15) is 31.2 Å². The Kier molecular flexibility index (Phi) is 4.63. The maximum Gasteiger partial charge on any atom is 0.213 e. The Morgan fingerprint density at radius 1 is 1.40 bits per heavy atom. The van der Waals surface area contributed by atoms with Gasteiger partial charge in [0, 0.05) is 18.9 Å². The van der Waals surface area contributed by atoms with Gasteiger partial charge in [-0.15, -0.1) is 0 Å². The molecule has 0 radical (unpaired) electrons. The van der Waals surface area contributed by atoms with Crippen LogP contribution in [0.15, 0.2) is 18.5 Å². The van der Waals surface area contributed by atoms with E-state index in [4.69, 9.17) is 11.6 Å². The number of pyridine rings is 1. The molecule has 1 heterocycles. The first-order valence-corrected chi connectivity index (χ1v) is 8.46. The van der Waals surface area contributed by atoms with Crippen molar-refractivity contribution in [2.75, 3.05) is 5.75 Å². The van der Waals surface area contributed by atoms with Gasteiger partial charge in [0.2, 0.25) is 10.0 Å². The van der Waals surface area contributed by atoms with Crippen LogP contribution in [0.4, 0.5) is 0 Å². The van der Waals surface area contributed by atoms with E-state index in [1.807, 2.05) is 0 Å². The number of nitrogens with one attached hydrogen (secondary N) is 1. The fraction of sp³-hybridized carbons (Fsp3) is 0.538. The van der Waals surface area contributed by atoms with Crippen LogP contribution in [0.2, 0.25) is 5.02 Å². The Morgan fingerprint density at radius 2 is 2.10 bits per heavy atom. The lowest BCUT2D eigenvalue weighted by Gasteiger charge is -2.20. The van der Waals surface area contributed by atoms with Crippen molar-refractivity contribution in [3.8, 4) is 6.07 Å². The van der Waals surface area contributed by atoms with Gasteiger partial charge >= 0.3 is 0 Å². The summed E-state index contributed by atoms with van der Waals surface area (Å²) < 4.78 is 26.7. The first-order chi connectivity index (χ1) is 9.45. The van der Waals surface area contributed by atoms with Crippen molar-refractivity contribution in [2.45, 2.75) is 32.2 Å². The maximum absolute atomic E-state index is 12.1. The average Bonchev–Trinajstić information content (AvgIpc) is 2.85. The van der Waals surface area contributed by atoms with E-state index in [-0.39, 0.29) is 12.3 Å². The minimum Gasteiger partial charge on any atom is -0.263 e. The SMILES string of the molecule is N#CC1(CS(=O)(=O)NCc2cncc(Cl)c2)CCCC1. The highest BCUT2D eigenvalue weighted by atomic mass is 35.5. The zero-order valence-corrected chi connectivity index (χ0v) is 12.5. The summed E-state index contributed by atoms with van der Waals surface area (Å²) in [5.74, 6) is -0.134. The lowest BCUT2D eigenvalue weighted by Crippen LogP contribution is -2.34. The number of sulfonamides is 1. The molecule has 1 fully saturated rings. The molecule has 1 aromatic rings. The lowest BCUT2D eigenvalue weighted by atomic mass is 9.91. The molecule has 0 aliphatic heterocycles. The van der Waals surface area contributed by atoms with E-state index < -0.39 is 15.4 Å². The molecule has 1 N–H and O–H groups in total. The van der Waals surface area contributed by atoms with Crippen molar-refractivity contribution in [3.05, 3.63) is 29.0 Å². The monoisotopic (exact) mass is 313 g/mol. The summed E-state index contributed by atoms with van der Waals surface area (Å²) in [7, 11) is -3.49. The van der Waals surface area contributed by atoms with Crippen LogP contribution in [0.5, 0.6) is 0 Å². The van der Waals surface area contributed by atoms with E-state index >= 15 is 0 Å². The summed E-state index contributed by atoms with van der Waals surface area (Å²) >= 11 is 5.79. The van der Waals surface area contributed by atoms with E-state index in [2.05, 4.69) is 15.8 Å². The topological polar surface area (TPSA) is 82.8 Å². The highest BCUT2D eigenvalue weighted by molar-refractivity contribution is 7.89. The molecule has 0 amide bonds. The minimum absolute atomic E-state index is 0.134. The Labute approximate surface area is 124 Å². The standard InChI is InChI=1S/C13H16ClN3O2S/c14-12-5-11(6-16-8-12)7-17-20(18,19)10-13(9-15)3-1-2-4-13/h5-6,8,17H,1-4,7,10H2. The fourth-order valence-electron chi connectivity index (χ4n) is 2.50. The summed E-state index contributed by atoms with van der Waals surface area (Å²) in [5, 5.41) is 9.70. The smallest absolute Gasteiger partial charge is 0.213 e. The van der Waals surface area contributed by atoms with Gasteiger partial charge < -0.3 is 0 Å². The Morgan fingerprint density at radius 3 is 2.70 bits per heavy atom. The van der Waals surface area contributed by atoms with Gasteiger partial charge in [0.05, 0.1) is 22.3 Å². The fourth-order valence-corrected chi connectivity index (χ4v) is 4.27. The van der Waals surface area contributed by atoms with Crippen molar-refractivity contribution < 1.29 is 8.42 Å². The second-order valence-corrected chi connectivity index (χ2v) is 7.43. The molecule has 2 rings (SSSR count). The molecule has 0 aromatic carbocycles. The number of nitriles is 1. The third kappa shape index (κ3) is 3.92. The summed E-state index contributed by atoms with van der Waals surface area (Å²) in [6, 6.07) is 3.85. The predicted octanol–water partition coefficient (Wildman–Crippen LogP) is 2.24. The van der Waals surface area contributed by atoms with Crippen LogP contribution >= 0.6 is 11.6 Å². The van der Waals surface area contributed by atoms with E-state index in [9.17, 15) is 13.7 Å². The van der Waals surface area contributed by atoms with Crippen LogP contribution in [-0.4, -0.2) is 19.2 Å². The molecule has 1 saturated carbocycles. The van der Waals surface area contributed by atoms with Crippen molar-refractivity contribution in [3.63, 3.8) is 0 Å². The maximum atomic E-state index is 12.1. The van der Waals surface area contributed by atoms with Crippen LogP contribution in [-0.2, 0) is 16.6 Å². The predicted molar refractivity (Wildman–Crippen MR) is 76.4 cm³/mol. The van der Waals surface area contributed by atoms with Crippen molar-refractivity contribution >= 4 is 21.6 Å². The molecule has 0 unspecified atom stereocenters. The van der Waals surface area contributed by atoms with Gasteiger partial charge in [-0.25, -0.2) is 13.1 Å². The molecular weight excluding hydrogens is 298 g/mol. The largest absolute Gasteiger partial charge is 0.263 e. The van der Waals surface area contributed by atoms with Gasteiger partial charge in [-0.05, 0) is 24.5 Å². The van der Waals surface area contributed by atoms with Crippen molar-refractivity contribution in [2.24, 2.45) is 5.41 Å². The van der Waals surface area contributed by atoms with Crippen LogP contribution in [0.3, 0.4) is 0 Å². The number of hydrogen-bond acceptors (Lipinski definition) is 4. The summed E-state index contributed by atoms with van der Waals surface area (Å²) in [5.41, 5.74) is -0.0307. The minimum atomic E-state index is -3.49. The zero-order chi connectivity index (χ0) is 14.6. The molecule has 1 aliphatic rings. The highest BCUT2D eigenvalue weighted by Crippen LogP contribution is 2.38. The van der Waals surface area contributed by atoms with E-state index in [1.165, 1.54) is 6.20 Å². The zero-order valence-electron chi connectivity index (χ0n) is 11.0. The van der Waals surface area contributed by atoms with Crippen molar-refractivity contribution in [1.82, 2.24) is 9.71 Å². The molecule has 1 aliphatic carbocycles. The number of hydrogen-bond donors (Lipinski definition) is 1. The molecule has 0 saturated heterocycles. The first-order valence-electron chi connectivity index (χ1n) is 6.43. The Balaban J connectivity index is 1.99. The first kappa shape index (κ1) is 15.2. The second kappa shape index (κ2) is 6.08. The number of aromatic nitrogens is 1. The van der Waals surface area contributed by atoms with Gasteiger partial charge in [-0.3, -0.25) is 4.98 Å². The Bertz CT molecular complexity index is 619. The quantitative estimate of drug-likeness (QED) is 0.903.